The molecule has 1 aliphatic carbocycles. The highest BCUT2D eigenvalue weighted by Crippen LogP contribution is 2.35. The van der Waals surface area contributed by atoms with Gasteiger partial charge in [-0.15, -0.1) is 4.36 Å². The highest BCUT2D eigenvalue weighted by Gasteiger charge is 2.29. The number of rotatable bonds is 5. The first-order valence-corrected chi connectivity index (χ1v) is 12.5. The summed E-state index contributed by atoms with van der Waals surface area (Å²) in [4.78, 5) is 17.7. The molecular formula is C21H30N6O4S. The lowest BCUT2D eigenvalue weighted by atomic mass is 9.99. The summed E-state index contributed by atoms with van der Waals surface area (Å²) in [6.07, 6.45) is 3.89. The van der Waals surface area contributed by atoms with Crippen LogP contribution in [0.15, 0.2) is 15.5 Å². The van der Waals surface area contributed by atoms with E-state index >= 15 is 0 Å². The molecule has 11 heteroatoms. The first-order valence-electron chi connectivity index (χ1n) is 10.9. The zero-order chi connectivity index (χ0) is 23.0. The molecule has 0 saturated carbocycles. The number of urea groups is 1. The lowest BCUT2D eigenvalue weighted by molar-refractivity contribution is -0.00758. The van der Waals surface area contributed by atoms with Crippen LogP contribution in [0.1, 0.15) is 55.6 Å². The molecule has 0 aromatic carbocycles. The lowest BCUT2D eigenvalue weighted by Gasteiger charge is -2.24. The smallest absolute Gasteiger partial charge is 0.354 e. The van der Waals surface area contributed by atoms with Gasteiger partial charge in [0.05, 0.1) is 18.4 Å². The van der Waals surface area contributed by atoms with Gasteiger partial charge in [-0.25, -0.2) is 18.8 Å². The van der Waals surface area contributed by atoms with E-state index in [2.05, 4.69) is 28.6 Å². The van der Waals surface area contributed by atoms with Crippen LogP contribution >= 0.6 is 0 Å². The Labute approximate surface area is 188 Å². The summed E-state index contributed by atoms with van der Waals surface area (Å²) >= 11 is 0. The summed E-state index contributed by atoms with van der Waals surface area (Å²) in [6.45, 7) is 9.26. The number of nitrogens with zero attached hydrogens (tertiary/aromatic N) is 4. The molecule has 4 rings (SSSR count). The molecule has 174 valence electrons. The van der Waals surface area contributed by atoms with Crippen molar-refractivity contribution >= 4 is 21.6 Å². The molecule has 2 amide bonds. The van der Waals surface area contributed by atoms with Gasteiger partial charge in [0.1, 0.15) is 17.6 Å². The number of anilines is 1. The number of nitrogens with two attached hydrogens (primary N) is 1. The Bertz CT molecular complexity index is 1170. The quantitative estimate of drug-likeness (QED) is 0.702. The fraction of sp³-hybridized carbons (Fsp3) is 0.571. The third-order valence-corrected chi connectivity index (χ3v) is 7.11. The van der Waals surface area contributed by atoms with Gasteiger partial charge >= 0.3 is 6.03 Å². The van der Waals surface area contributed by atoms with E-state index in [1.54, 1.807) is 0 Å². The highest BCUT2D eigenvalue weighted by atomic mass is 32.2. The summed E-state index contributed by atoms with van der Waals surface area (Å²) in [5.74, 6) is 0.469. The standard InChI is InChI=1S/C21H30N6O4S/c1-5-30-14-10-27-20(31-11-14)17(9-23-27)32(22,29)26-21(28)25-19-13(4)18(12(2)3)24-16-8-6-7-15(16)19/h9,12,14H,5-8,10-11H2,1-4H3,(H3,22,24,25,26,28,29). The van der Waals surface area contributed by atoms with E-state index in [9.17, 15) is 9.00 Å². The Morgan fingerprint density at radius 1 is 1.47 bits per heavy atom. The number of ether oxygens (including phenoxy) is 2. The zero-order valence-electron chi connectivity index (χ0n) is 18.9. The number of pyridine rings is 1. The van der Waals surface area contributed by atoms with Crippen molar-refractivity contribution in [3.8, 4) is 5.88 Å². The second kappa shape index (κ2) is 8.80. The maximum atomic E-state index is 13.2. The predicted octanol–water partition coefficient (Wildman–Crippen LogP) is 2.93. The maximum absolute atomic E-state index is 13.2. The number of fused-ring (bicyclic) bond motifs is 2. The van der Waals surface area contributed by atoms with E-state index in [4.69, 9.17) is 19.6 Å². The van der Waals surface area contributed by atoms with E-state index in [1.165, 1.54) is 10.9 Å². The molecule has 2 atom stereocenters. The van der Waals surface area contributed by atoms with Crippen LogP contribution in [0.3, 0.4) is 0 Å². The van der Waals surface area contributed by atoms with Crippen molar-refractivity contribution < 1.29 is 18.5 Å². The third-order valence-electron chi connectivity index (χ3n) is 5.76. The molecular weight excluding hydrogens is 432 g/mol. The molecule has 2 aromatic rings. The van der Waals surface area contributed by atoms with E-state index < -0.39 is 15.9 Å². The van der Waals surface area contributed by atoms with Crippen molar-refractivity contribution in [2.75, 3.05) is 18.5 Å². The molecule has 0 fully saturated rings. The molecule has 0 saturated heterocycles. The van der Waals surface area contributed by atoms with Crippen LogP contribution in [0, 0.1) is 6.92 Å². The second-order valence-corrected chi connectivity index (χ2v) is 10.2. The largest absolute Gasteiger partial charge is 0.474 e. The summed E-state index contributed by atoms with van der Waals surface area (Å²) < 4.78 is 29.8. The average Bonchev–Trinajstić information content (AvgIpc) is 3.36. The molecule has 0 spiro atoms. The predicted molar refractivity (Wildman–Crippen MR) is 120 cm³/mol. The first kappa shape index (κ1) is 22.7. The number of carbonyl (C=O) groups excluding carboxylic acids is 1. The van der Waals surface area contributed by atoms with Gasteiger partial charge in [0, 0.05) is 18.0 Å². The number of hydrogen-bond acceptors (Lipinski definition) is 6. The van der Waals surface area contributed by atoms with E-state index in [0.717, 1.165) is 41.8 Å². The molecule has 10 nitrogen and oxygen atoms in total. The van der Waals surface area contributed by atoms with Gasteiger partial charge in [-0.2, -0.15) is 5.10 Å². The van der Waals surface area contributed by atoms with Crippen LogP contribution < -0.4 is 15.2 Å². The van der Waals surface area contributed by atoms with Crippen LogP contribution in [0.5, 0.6) is 5.88 Å². The van der Waals surface area contributed by atoms with Gasteiger partial charge in [-0.05, 0) is 50.2 Å². The summed E-state index contributed by atoms with van der Waals surface area (Å²) in [5.41, 5.74) is 4.57. The van der Waals surface area contributed by atoms with Crippen molar-refractivity contribution in [1.82, 2.24) is 14.8 Å². The summed E-state index contributed by atoms with van der Waals surface area (Å²) in [7, 11) is -3.56. The third kappa shape index (κ3) is 4.24. The molecule has 32 heavy (non-hydrogen) atoms. The van der Waals surface area contributed by atoms with Crippen molar-refractivity contribution in [2.24, 2.45) is 9.50 Å². The molecule has 3 heterocycles. The Hall–Kier alpha value is -2.50. The van der Waals surface area contributed by atoms with Crippen LogP contribution in [0.2, 0.25) is 0 Å². The van der Waals surface area contributed by atoms with E-state index in [0.29, 0.717) is 18.8 Å². The number of aryl methyl sites for hydroxylation is 1. The molecule has 3 N–H and O–H groups in total. The molecule has 1 aliphatic heterocycles. The topological polar surface area (TPSA) is 134 Å². The van der Waals surface area contributed by atoms with Crippen LogP contribution in [0.25, 0.3) is 0 Å². The summed E-state index contributed by atoms with van der Waals surface area (Å²) in [6, 6.07) is -0.765. The average molecular weight is 463 g/mol. The number of amides is 2. The summed E-state index contributed by atoms with van der Waals surface area (Å²) in [5, 5.41) is 13.0. The monoisotopic (exact) mass is 462 g/mol. The Morgan fingerprint density at radius 3 is 2.97 bits per heavy atom. The SMILES string of the molecule is CCOC1COc2c(S(N)(=O)=NC(=O)Nc3c(C)c(C(C)C)nc4c3CCC4)cnn2C1. The first-order chi connectivity index (χ1) is 15.2. The van der Waals surface area contributed by atoms with Crippen molar-refractivity contribution in [1.29, 1.82) is 0 Å². The van der Waals surface area contributed by atoms with Crippen LogP contribution in [0.4, 0.5) is 10.5 Å². The number of aromatic nitrogens is 3. The minimum atomic E-state index is -3.56. The zero-order valence-corrected chi connectivity index (χ0v) is 19.7. The molecule has 2 aliphatic rings. The molecule has 2 unspecified atom stereocenters. The Balaban J connectivity index is 1.62. The Morgan fingerprint density at radius 2 is 2.25 bits per heavy atom. The van der Waals surface area contributed by atoms with Gasteiger partial charge in [-0.1, -0.05) is 13.8 Å². The van der Waals surface area contributed by atoms with Crippen molar-refractivity contribution in [3.05, 3.63) is 28.7 Å². The maximum Gasteiger partial charge on any atom is 0.354 e. The van der Waals surface area contributed by atoms with Crippen molar-refractivity contribution in [2.45, 2.75) is 70.4 Å². The van der Waals surface area contributed by atoms with E-state index in [1.807, 2.05) is 13.8 Å². The fourth-order valence-electron chi connectivity index (χ4n) is 4.32. The van der Waals surface area contributed by atoms with Gasteiger partial charge < -0.3 is 14.8 Å². The van der Waals surface area contributed by atoms with Crippen molar-refractivity contribution in [3.63, 3.8) is 0 Å². The number of carbonyl (C=O) groups is 1. The van der Waals surface area contributed by atoms with Gasteiger partial charge in [0.25, 0.3) is 0 Å². The number of hydrogen-bond donors (Lipinski definition) is 2. The number of nitrogens with one attached hydrogen (secondary N) is 1. The van der Waals surface area contributed by atoms with Gasteiger partial charge in [-0.3, -0.25) is 4.98 Å². The minimum Gasteiger partial charge on any atom is -0.474 e. The second-order valence-electron chi connectivity index (χ2n) is 8.41. The Kier molecular flexibility index (Phi) is 6.24. The molecule has 0 bridgehead atoms. The van der Waals surface area contributed by atoms with E-state index in [-0.39, 0.29) is 29.4 Å². The lowest BCUT2D eigenvalue weighted by Crippen LogP contribution is -2.33. The fourth-order valence-corrected chi connectivity index (χ4v) is 5.33. The molecule has 2 aromatic heterocycles. The molecule has 0 radical (unpaired) electrons. The van der Waals surface area contributed by atoms with Crippen LogP contribution in [-0.2, 0) is 34.0 Å². The van der Waals surface area contributed by atoms with Gasteiger partial charge in [0.2, 0.25) is 5.88 Å². The highest BCUT2D eigenvalue weighted by molar-refractivity contribution is 7.91. The van der Waals surface area contributed by atoms with Gasteiger partial charge in [0.15, 0.2) is 9.92 Å². The minimum absolute atomic E-state index is 0.0992. The van der Waals surface area contributed by atoms with Crippen LogP contribution in [-0.4, -0.2) is 44.3 Å². The normalized spacial score (nSPS) is 19.1.